The molecule has 25 heavy (non-hydrogen) atoms. The topological polar surface area (TPSA) is 49.9 Å². The molecule has 0 radical (unpaired) electrons. The smallest absolute Gasteiger partial charge is 0.242 e. The lowest BCUT2D eigenvalue weighted by Crippen LogP contribution is -2.42. The summed E-state index contributed by atoms with van der Waals surface area (Å²) in [7, 11) is 0. The maximum atomic E-state index is 12.3. The van der Waals surface area contributed by atoms with Gasteiger partial charge in [0.05, 0.1) is 0 Å². The van der Waals surface area contributed by atoms with Crippen LogP contribution >= 0.6 is 0 Å². The first-order valence-corrected chi connectivity index (χ1v) is 8.44. The maximum absolute atomic E-state index is 12.3. The number of anilines is 1. The van der Waals surface area contributed by atoms with Crippen LogP contribution in [-0.4, -0.2) is 36.3 Å². The monoisotopic (exact) mass is 340 g/mol. The summed E-state index contributed by atoms with van der Waals surface area (Å²) < 4.78 is 5.75. The molecule has 0 saturated carbocycles. The average Bonchev–Trinajstić information content (AvgIpc) is 2.62. The van der Waals surface area contributed by atoms with E-state index in [9.17, 15) is 9.59 Å². The minimum absolute atomic E-state index is 0.0376. The molecule has 0 aliphatic heterocycles. The van der Waals surface area contributed by atoms with Crippen LogP contribution in [0.25, 0.3) is 0 Å². The molecule has 132 valence electrons. The first-order chi connectivity index (χ1) is 12.0. The van der Waals surface area contributed by atoms with Gasteiger partial charge >= 0.3 is 0 Å². The molecule has 0 heterocycles. The van der Waals surface area contributed by atoms with Crippen molar-refractivity contribution < 1.29 is 14.3 Å². The molecule has 0 spiro atoms. The Bertz CT molecular complexity index is 695. The van der Waals surface area contributed by atoms with E-state index < -0.39 is 0 Å². The van der Waals surface area contributed by atoms with Crippen molar-refractivity contribution in [1.82, 2.24) is 4.90 Å². The number of rotatable bonds is 7. The number of amides is 2. The van der Waals surface area contributed by atoms with E-state index in [0.717, 1.165) is 5.75 Å². The standard InChI is InChI=1S/C20H24N2O3/c1-4-21(5-2)20(24)15-22(16(3)23)17-11-13-19(14-12-17)25-18-9-7-6-8-10-18/h6-14H,4-5,15H2,1-3H3. The lowest BCUT2D eigenvalue weighted by molar-refractivity contribution is -0.130. The minimum Gasteiger partial charge on any atom is -0.457 e. The number of ether oxygens (including phenoxy) is 1. The second-order valence-electron chi connectivity index (χ2n) is 5.58. The molecule has 0 aliphatic carbocycles. The second-order valence-corrected chi connectivity index (χ2v) is 5.58. The van der Waals surface area contributed by atoms with Crippen LogP contribution in [0, 0.1) is 0 Å². The third kappa shape index (κ3) is 5.08. The van der Waals surface area contributed by atoms with Crippen LogP contribution < -0.4 is 9.64 Å². The Morgan fingerprint density at radius 3 is 1.96 bits per heavy atom. The van der Waals surface area contributed by atoms with Gasteiger partial charge in [-0.15, -0.1) is 0 Å². The van der Waals surface area contributed by atoms with Gasteiger partial charge in [-0.3, -0.25) is 9.59 Å². The van der Waals surface area contributed by atoms with Crippen LogP contribution in [0.4, 0.5) is 5.69 Å². The molecule has 0 aromatic heterocycles. The van der Waals surface area contributed by atoms with Gasteiger partial charge in [-0.25, -0.2) is 0 Å². The Hall–Kier alpha value is -2.82. The zero-order chi connectivity index (χ0) is 18.2. The van der Waals surface area contributed by atoms with E-state index in [1.54, 1.807) is 29.2 Å². The molecule has 0 bridgehead atoms. The third-order valence-electron chi connectivity index (χ3n) is 3.92. The fraction of sp³-hybridized carbons (Fsp3) is 0.300. The summed E-state index contributed by atoms with van der Waals surface area (Å²) in [5.74, 6) is 1.19. The number of nitrogens with zero attached hydrogens (tertiary/aromatic N) is 2. The Labute approximate surface area is 148 Å². The van der Waals surface area contributed by atoms with Crippen molar-refractivity contribution in [1.29, 1.82) is 0 Å². The van der Waals surface area contributed by atoms with Crippen molar-refractivity contribution in [2.45, 2.75) is 20.8 Å². The molecule has 2 rings (SSSR count). The van der Waals surface area contributed by atoms with Gasteiger partial charge in [0.25, 0.3) is 0 Å². The second kappa shape index (κ2) is 8.87. The quantitative estimate of drug-likeness (QED) is 0.772. The molecule has 2 amide bonds. The van der Waals surface area contributed by atoms with E-state index in [2.05, 4.69) is 0 Å². The van der Waals surface area contributed by atoms with Crippen LogP contribution in [0.1, 0.15) is 20.8 Å². The van der Waals surface area contributed by atoms with Crippen molar-refractivity contribution in [3.8, 4) is 11.5 Å². The van der Waals surface area contributed by atoms with Crippen molar-refractivity contribution in [2.24, 2.45) is 0 Å². The Kier molecular flexibility index (Phi) is 6.57. The molecule has 2 aromatic rings. The molecular formula is C20H24N2O3. The maximum Gasteiger partial charge on any atom is 0.242 e. The molecule has 5 nitrogen and oxygen atoms in total. The van der Waals surface area contributed by atoms with E-state index >= 15 is 0 Å². The first-order valence-electron chi connectivity index (χ1n) is 8.44. The van der Waals surface area contributed by atoms with Gasteiger partial charge in [-0.2, -0.15) is 0 Å². The Morgan fingerprint density at radius 1 is 0.880 bits per heavy atom. The van der Waals surface area contributed by atoms with Gasteiger partial charge in [-0.05, 0) is 50.2 Å². The largest absolute Gasteiger partial charge is 0.457 e. The number of hydrogen-bond acceptors (Lipinski definition) is 3. The summed E-state index contributed by atoms with van der Waals surface area (Å²) in [5.41, 5.74) is 0.674. The van der Waals surface area contributed by atoms with E-state index in [-0.39, 0.29) is 18.4 Å². The van der Waals surface area contributed by atoms with Gasteiger partial charge in [0.2, 0.25) is 11.8 Å². The third-order valence-corrected chi connectivity index (χ3v) is 3.92. The summed E-state index contributed by atoms with van der Waals surface area (Å²) >= 11 is 0. The van der Waals surface area contributed by atoms with Gasteiger partial charge < -0.3 is 14.5 Å². The normalized spacial score (nSPS) is 10.2. The minimum atomic E-state index is -0.169. The fourth-order valence-electron chi connectivity index (χ4n) is 2.51. The van der Waals surface area contributed by atoms with Crippen LogP contribution in [0.5, 0.6) is 11.5 Å². The van der Waals surface area contributed by atoms with Crippen LogP contribution in [0.15, 0.2) is 54.6 Å². The highest BCUT2D eigenvalue weighted by molar-refractivity contribution is 5.97. The summed E-state index contributed by atoms with van der Waals surface area (Å²) in [6.07, 6.45) is 0. The van der Waals surface area contributed by atoms with Crippen molar-refractivity contribution >= 4 is 17.5 Å². The van der Waals surface area contributed by atoms with E-state index in [1.807, 2.05) is 44.2 Å². The SMILES string of the molecule is CCN(CC)C(=O)CN(C(C)=O)c1ccc(Oc2ccccc2)cc1. The lowest BCUT2D eigenvalue weighted by Gasteiger charge is -2.25. The highest BCUT2D eigenvalue weighted by Crippen LogP contribution is 2.24. The predicted octanol–water partition coefficient (Wildman–Crippen LogP) is 3.70. The number of hydrogen-bond donors (Lipinski definition) is 0. The summed E-state index contributed by atoms with van der Waals surface area (Å²) in [4.78, 5) is 27.5. The highest BCUT2D eigenvalue weighted by atomic mass is 16.5. The highest BCUT2D eigenvalue weighted by Gasteiger charge is 2.18. The predicted molar refractivity (Wildman–Crippen MR) is 98.9 cm³/mol. The van der Waals surface area contributed by atoms with Gasteiger partial charge in [0.1, 0.15) is 18.0 Å². The van der Waals surface area contributed by atoms with Crippen molar-refractivity contribution in [2.75, 3.05) is 24.5 Å². The summed E-state index contributed by atoms with van der Waals surface area (Å²) in [5, 5.41) is 0. The first kappa shape index (κ1) is 18.5. The van der Waals surface area contributed by atoms with Gasteiger partial charge in [0.15, 0.2) is 0 Å². The summed E-state index contributed by atoms with van der Waals surface area (Å²) in [6, 6.07) is 16.6. The number of carbonyl (C=O) groups excluding carboxylic acids is 2. The number of carbonyl (C=O) groups is 2. The molecule has 0 saturated heterocycles. The fourth-order valence-corrected chi connectivity index (χ4v) is 2.51. The molecule has 0 unspecified atom stereocenters. The molecule has 0 fully saturated rings. The van der Waals surface area contributed by atoms with Gasteiger partial charge in [-0.1, -0.05) is 18.2 Å². The van der Waals surface area contributed by atoms with Crippen molar-refractivity contribution in [3.05, 3.63) is 54.6 Å². The molecule has 0 aliphatic rings. The Morgan fingerprint density at radius 2 is 1.44 bits per heavy atom. The van der Waals surface area contributed by atoms with Crippen LogP contribution in [0.3, 0.4) is 0 Å². The molecular weight excluding hydrogens is 316 g/mol. The number of para-hydroxylation sites is 1. The molecule has 5 heteroatoms. The number of likely N-dealkylation sites (N-methyl/N-ethyl adjacent to an activating group) is 1. The lowest BCUT2D eigenvalue weighted by atomic mass is 10.2. The van der Waals surface area contributed by atoms with Crippen molar-refractivity contribution in [3.63, 3.8) is 0 Å². The average molecular weight is 340 g/mol. The zero-order valence-electron chi connectivity index (χ0n) is 14.9. The van der Waals surface area contributed by atoms with Gasteiger partial charge in [0, 0.05) is 25.7 Å². The number of benzene rings is 2. The summed E-state index contributed by atoms with van der Waals surface area (Å²) in [6.45, 7) is 6.61. The molecule has 2 aromatic carbocycles. The van der Waals surface area contributed by atoms with E-state index in [0.29, 0.717) is 24.5 Å². The molecule has 0 N–H and O–H groups in total. The van der Waals surface area contributed by atoms with Crippen LogP contribution in [-0.2, 0) is 9.59 Å². The zero-order valence-corrected chi connectivity index (χ0v) is 14.9. The van der Waals surface area contributed by atoms with Crippen LogP contribution in [0.2, 0.25) is 0 Å². The Balaban J connectivity index is 2.11. The van der Waals surface area contributed by atoms with E-state index in [4.69, 9.17) is 4.74 Å². The molecule has 0 atom stereocenters. The van der Waals surface area contributed by atoms with E-state index in [1.165, 1.54) is 11.8 Å².